The summed E-state index contributed by atoms with van der Waals surface area (Å²) in [4.78, 5) is 0. The topological polar surface area (TPSA) is 24.1 Å². The molecule has 0 unspecified atom stereocenters. The van der Waals surface area contributed by atoms with Crippen LogP contribution in [-0.2, 0) is 0 Å². The number of hydrogen-bond donors (Lipinski definition) is 2. The molecule has 0 aromatic rings. The van der Waals surface area contributed by atoms with Crippen molar-refractivity contribution in [1.82, 2.24) is 10.6 Å². The van der Waals surface area contributed by atoms with Gasteiger partial charge in [0, 0.05) is 6.54 Å². The second-order valence-electron chi connectivity index (χ2n) is 3.67. The quantitative estimate of drug-likeness (QED) is 0.590. The Kier molecular flexibility index (Phi) is 2.39. The first-order valence-electron chi connectivity index (χ1n) is 4.92. The lowest BCUT2D eigenvalue weighted by Gasteiger charge is -2.20. The van der Waals surface area contributed by atoms with E-state index in [9.17, 15) is 0 Å². The van der Waals surface area contributed by atoms with Gasteiger partial charge in [-0.25, -0.2) is 0 Å². The van der Waals surface area contributed by atoms with Crippen LogP contribution in [0.3, 0.4) is 0 Å². The predicted octanol–water partition coefficient (Wildman–Crippen LogP) is 2.03. The van der Waals surface area contributed by atoms with Crippen LogP contribution in [0.4, 0.5) is 0 Å². The van der Waals surface area contributed by atoms with Crippen LogP contribution in [0, 0.1) is 0 Å². The summed E-state index contributed by atoms with van der Waals surface area (Å²) in [6.45, 7) is 3.29. The molecular weight excluding hydrogens is 160 g/mol. The molecule has 0 amide bonds. The van der Waals surface area contributed by atoms with Gasteiger partial charge < -0.3 is 10.6 Å². The fraction of sp³-hybridized carbons (Fsp3) is 0.455. The average Bonchev–Trinajstić information content (AvgIpc) is 2.11. The number of dihydropyridines is 1. The summed E-state index contributed by atoms with van der Waals surface area (Å²) in [5, 5.41) is 6.67. The molecule has 2 heterocycles. The molecule has 0 atom stereocenters. The van der Waals surface area contributed by atoms with E-state index >= 15 is 0 Å². The van der Waals surface area contributed by atoms with Gasteiger partial charge in [-0.3, -0.25) is 0 Å². The van der Waals surface area contributed by atoms with Crippen LogP contribution in [0.2, 0.25) is 0 Å². The van der Waals surface area contributed by atoms with Crippen LogP contribution in [-0.4, -0.2) is 6.54 Å². The summed E-state index contributed by atoms with van der Waals surface area (Å²) in [7, 11) is 0. The Morgan fingerprint density at radius 2 is 2.31 bits per heavy atom. The molecule has 0 saturated carbocycles. The normalized spacial score (nSPS) is 26.1. The minimum atomic E-state index is 1.05. The Labute approximate surface area is 79.4 Å². The van der Waals surface area contributed by atoms with Crippen LogP contribution in [0.25, 0.3) is 0 Å². The van der Waals surface area contributed by atoms with Gasteiger partial charge in [0.1, 0.15) is 5.82 Å². The summed E-state index contributed by atoms with van der Waals surface area (Å²) in [5.74, 6) is 1.20. The Morgan fingerprint density at radius 1 is 1.38 bits per heavy atom. The fourth-order valence-electron chi connectivity index (χ4n) is 1.77. The molecule has 2 aliphatic rings. The lowest BCUT2D eigenvalue weighted by Crippen LogP contribution is -2.28. The van der Waals surface area contributed by atoms with E-state index in [1.54, 1.807) is 0 Å². The molecule has 2 heteroatoms. The van der Waals surface area contributed by atoms with E-state index in [0.29, 0.717) is 0 Å². The number of rotatable bonds is 0. The van der Waals surface area contributed by atoms with Crippen molar-refractivity contribution in [3.63, 3.8) is 0 Å². The molecule has 2 aliphatic heterocycles. The lowest BCUT2D eigenvalue weighted by atomic mass is 10.0. The molecule has 0 saturated heterocycles. The summed E-state index contributed by atoms with van der Waals surface area (Å²) in [5.41, 5.74) is 2.88. The van der Waals surface area contributed by atoms with Gasteiger partial charge in [-0.15, -0.1) is 0 Å². The van der Waals surface area contributed by atoms with Crippen molar-refractivity contribution in [2.24, 2.45) is 0 Å². The SMILES string of the molecule is C/C1=C/C2=C(NC=CC2)NCCC1. The third-order valence-corrected chi connectivity index (χ3v) is 2.47. The summed E-state index contributed by atoms with van der Waals surface area (Å²) in [6, 6.07) is 0. The van der Waals surface area contributed by atoms with E-state index in [1.165, 1.54) is 29.8 Å². The minimum absolute atomic E-state index is 1.05. The molecule has 70 valence electrons. The van der Waals surface area contributed by atoms with Gasteiger partial charge in [-0.2, -0.15) is 0 Å². The highest BCUT2D eigenvalue weighted by Crippen LogP contribution is 2.18. The number of allylic oxidation sites excluding steroid dienone is 4. The van der Waals surface area contributed by atoms with Crippen molar-refractivity contribution in [2.75, 3.05) is 6.54 Å². The smallest absolute Gasteiger partial charge is 0.106 e. The maximum Gasteiger partial charge on any atom is 0.106 e. The standard InChI is InChI=1S/C11H16N2/c1-9-4-2-6-12-11-10(8-9)5-3-7-13-11/h3,7-8,12-13H,2,4-6H2,1H3/b9-8-. The molecular formula is C11H16N2. The van der Waals surface area contributed by atoms with Gasteiger partial charge >= 0.3 is 0 Å². The molecule has 2 nitrogen and oxygen atoms in total. The minimum Gasteiger partial charge on any atom is -0.371 e. The van der Waals surface area contributed by atoms with Gasteiger partial charge in [0.15, 0.2) is 0 Å². The molecule has 0 aromatic carbocycles. The molecule has 0 aromatic heterocycles. The number of hydrogen-bond acceptors (Lipinski definition) is 2. The van der Waals surface area contributed by atoms with Crippen LogP contribution in [0.15, 0.2) is 35.3 Å². The van der Waals surface area contributed by atoms with E-state index in [4.69, 9.17) is 0 Å². The van der Waals surface area contributed by atoms with E-state index in [0.717, 1.165) is 13.0 Å². The van der Waals surface area contributed by atoms with Crippen LogP contribution in [0.1, 0.15) is 26.2 Å². The van der Waals surface area contributed by atoms with E-state index in [1.807, 2.05) is 6.20 Å². The maximum absolute atomic E-state index is 3.42. The molecule has 13 heavy (non-hydrogen) atoms. The van der Waals surface area contributed by atoms with Gasteiger partial charge in [0.25, 0.3) is 0 Å². The zero-order chi connectivity index (χ0) is 9.10. The molecule has 0 spiro atoms. The van der Waals surface area contributed by atoms with Gasteiger partial charge in [0.2, 0.25) is 0 Å². The van der Waals surface area contributed by atoms with Gasteiger partial charge in [-0.05, 0) is 38.0 Å². The molecule has 0 radical (unpaired) electrons. The third-order valence-electron chi connectivity index (χ3n) is 2.47. The summed E-state index contributed by atoms with van der Waals surface area (Å²) >= 11 is 0. The molecule has 0 fully saturated rings. The van der Waals surface area contributed by atoms with Crippen molar-refractivity contribution >= 4 is 0 Å². The Bertz CT molecular complexity index is 284. The highest BCUT2D eigenvalue weighted by Gasteiger charge is 2.08. The average molecular weight is 176 g/mol. The van der Waals surface area contributed by atoms with Crippen molar-refractivity contribution < 1.29 is 0 Å². The van der Waals surface area contributed by atoms with Crippen LogP contribution >= 0.6 is 0 Å². The zero-order valence-corrected chi connectivity index (χ0v) is 8.06. The molecule has 0 bridgehead atoms. The molecule has 2 N–H and O–H groups in total. The maximum atomic E-state index is 3.42. The highest BCUT2D eigenvalue weighted by molar-refractivity contribution is 5.32. The summed E-state index contributed by atoms with van der Waals surface area (Å²) < 4.78 is 0. The van der Waals surface area contributed by atoms with Crippen molar-refractivity contribution in [3.05, 3.63) is 35.3 Å². The molecule has 0 aliphatic carbocycles. The highest BCUT2D eigenvalue weighted by atomic mass is 15.1. The Balaban J connectivity index is 2.24. The van der Waals surface area contributed by atoms with E-state index < -0.39 is 0 Å². The Hall–Kier alpha value is -1.18. The van der Waals surface area contributed by atoms with Gasteiger partial charge in [-0.1, -0.05) is 17.7 Å². The second-order valence-corrected chi connectivity index (χ2v) is 3.67. The van der Waals surface area contributed by atoms with Crippen molar-refractivity contribution in [2.45, 2.75) is 26.2 Å². The number of nitrogens with one attached hydrogen (secondary N) is 2. The fourth-order valence-corrected chi connectivity index (χ4v) is 1.77. The van der Waals surface area contributed by atoms with E-state index in [2.05, 4.69) is 29.7 Å². The molecule has 2 rings (SSSR count). The first kappa shape index (κ1) is 8.42. The van der Waals surface area contributed by atoms with E-state index in [-0.39, 0.29) is 0 Å². The third kappa shape index (κ3) is 1.94. The van der Waals surface area contributed by atoms with Crippen molar-refractivity contribution in [1.29, 1.82) is 0 Å². The first-order valence-corrected chi connectivity index (χ1v) is 4.92. The van der Waals surface area contributed by atoms with Crippen molar-refractivity contribution in [3.8, 4) is 0 Å². The lowest BCUT2D eigenvalue weighted by molar-refractivity contribution is 0.669. The van der Waals surface area contributed by atoms with Crippen LogP contribution < -0.4 is 10.6 Å². The zero-order valence-electron chi connectivity index (χ0n) is 8.06. The largest absolute Gasteiger partial charge is 0.371 e. The second kappa shape index (κ2) is 3.69. The predicted molar refractivity (Wildman–Crippen MR) is 54.9 cm³/mol. The summed E-state index contributed by atoms with van der Waals surface area (Å²) in [6.07, 6.45) is 9.96. The van der Waals surface area contributed by atoms with Gasteiger partial charge in [0.05, 0.1) is 0 Å². The monoisotopic (exact) mass is 176 g/mol. The van der Waals surface area contributed by atoms with Crippen LogP contribution in [0.5, 0.6) is 0 Å². The first-order chi connectivity index (χ1) is 6.36. The Morgan fingerprint density at radius 3 is 3.23 bits per heavy atom.